The fourth-order valence-corrected chi connectivity index (χ4v) is 2.83. The maximum atomic E-state index is 4.14. The van der Waals surface area contributed by atoms with Crippen LogP contribution >= 0.6 is 0 Å². The first-order valence-corrected chi connectivity index (χ1v) is 7.29. The van der Waals surface area contributed by atoms with E-state index in [4.69, 9.17) is 0 Å². The smallest absolute Gasteiger partial charge is 0.115 e. The first kappa shape index (κ1) is 12.8. The zero-order valence-corrected chi connectivity index (χ0v) is 12.1. The van der Waals surface area contributed by atoms with Gasteiger partial charge in [0, 0.05) is 47.2 Å². The van der Waals surface area contributed by atoms with Gasteiger partial charge in [-0.25, -0.2) is 9.97 Å². The van der Waals surface area contributed by atoms with Crippen LogP contribution < -0.4 is 0 Å². The molecule has 0 aliphatic carbocycles. The molecule has 0 bridgehead atoms. The van der Waals surface area contributed by atoms with Gasteiger partial charge in [-0.2, -0.15) is 0 Å². The maximum Gasteiger partial charge on any atom is 0.115 e. The molecule has 0 saturated heterocycles. The van der Waals surface area contributed by atoms with Crippen molar-refractivity contribution in [3.63, 3.8) is 0 Å². The second-order valence-electron chi connectivity index (χ2n) is 5.30. The van der Waals surface area contributed by atoms with Crippen LogP contribution in [0.3, 0.4) is 0 Å². The van der Waals surface area contributed by atoms with Gasteiger partial charge in [0.2, 0.25) is 0 Å². The molecule has 0 amide bonds. The normalized spacial score (nSPS) is 10.9. The van der Waals surface area contributed by atoms with E-state index in [1.165, 1.54) is 22.0 Å². The Labute approximate surface area is 128 Å². The van der Waals surface area contributed by atoms with Gasteiger partial charge in [0.05, 0.1) is 0 Å². The van der Waals surface area contributed by atoms with Crippen LogP contribution in [-0.4, -0.2) is 14.5 Å². The van der Waals surface area contributed by atoms with Gasteiger partial charge in [-0.1, -0.05) is 48.5 Å². The molecule has 0 unspecified atom stereocenters. The lowest BCUT2D eigenvalue weighted by Crippen LogP contribution is -1.97. The van der Waals surface area contributed by atoms with Crippen molar-refractivity contribution in [2.24, 2.45) is 0 Å². The Morgan fingerprint density at radius 3 is 2.36 bits per heavy atom. The van der Waals surface area contributed by atoms with E-state index in [0.29, 0.717) is 0 Å². The molecule has 0 fully saturated rings. The topological polar surface area (TPSA) is 30.7 Å². The van der Waals surface area contributed by atoms with Crippen molar-refractivity contribution >= 4 is 10.9 Å². The molecule has 4 aromatic rings. The third-order valence-corrected chi connectivity index (χ3v) is 3.86. The van der Waals surface area contributed by atoms with Gasteiger partial charge in [0.25, 0.3) is 0 Å². The Bertz CT molecular complexity index is 896. The third-order valence-electron chi connectivity index (χ3n) is 3.86. The summed E-state index contributed by atoms with van der Waals surface area (Å²) in [5, 5.41) is 1.23. The minimum absolute atomic E-state index is 0.856. The van der Waals surface area contributed by atoms with E-state index in [1.807, 2.05) is 18.5 Å². The van der Waals surface area contributed by atoms with Gasteiger partial charge in [0.15, 0.2) is 0 Å². The summed E-state index contributed by atoms with van der Waals surface area (Å²) >= 11 is 0. The van der Waals surface area contributed by atoms with E-state index in [0.717, 1.165) is 12.1 Å². The standard InChI is InChI=1S/C19H15N3/c1-2-6-15(7-3-1)12-22-13-18(16-10-20-14-21-11-16)17-8-4-5-9-19(17)22/h1-11,13-14H,12H2. The number of hydrogen-bond acceptors (Lipinski definition) is 2. The van der Waals surface area contributed by atoms with Crippen molar-refractivity contribution in [1.82, 2.24) is 14.5 Å². The number of aromatic nitrogens is 3. The Kier molecular flexibility index (Phi) is 3.16. The zero-order valence-electron chi connectivity index (χ0n) is 12.1. The lowest BCUT2D eigenvalue weighted by atomic mass is 10.1. The van der Waals surface area contributed by atoms with E-state index in [2.05, 4.69) is 69.3 Å². The van der Waals surface area contributed by atoms with Gasteiger partial charge in [0.1, 0.15) is 6.33 Å². The van der Waals surface area contributed by atoms with Gasteiger partial charge in [-0.15, -0.1) is 0 Å². The Balaban J connectivity index is 1.86. The molecule has 0 N–H and O–H groups in total. The molecule has 106 valence electrons. The van der Waals surface area contributed by atoms with Crippen LogP contribution in [0.25, 0.3) is 22.0 Å². The molecule has 3 nitrogen and oxygen atoms in total. The summed E-state index contributed by atoms with van der Waals surface area (Å²) < 4.78 is 2.28. The quantitative estimate of drug-likeness (QED) is 0.566. The average Bonchev–Trinajstić information content (AvgIpc) is 2.96. The summed E-state index contributed by atoms with van der Waals surface area (Å²) in [4.78, 5) is 8.28. The maximum absolute atomic E-state index is 4.14. The Hall–Kier alpha value is -2.94. The third kappa shape index (κ3) is 2.27. The van der Waals surface area contributed by atoms with Crippen molar-refractivity contribution < 1.29 is 0 Å². The summed E-state index contributed by atoms with van der Waals surface area (Å²) in [6, 6.07) is 19.0. The van der Waals surface area contributed by atoms with Crippen LogP contribution in [0.15, 0.2) is 79.5 Å². The Morgan fingerprint density at radius 1 is 0.818 bits per heavy atom. The predicted octanol–water partition coefficient (Wildman–Crippen LogP) is 4.15. The average molecular weight is 285 g/mol. The number of fused-ring (bicyclic) bond motifs is 1. The Morgan fingerprint density at radius 2 is 1.55 bits per heavy atom. The highest BCUT2D eigenvalue weighted by Crippen LogP contribution is 2.30. The molecule has 3 heteroatoms. The second-order valence-corrected chi connectivity index (χ2v) is 5.30. The highest BCUT2D eigenvalue weighted by molar-refractivity contribution is 5.95. The van der Waals surface area contributed by atoms with Crippen molar-refractivity contribution in [3.8, 4) is 11.1 Å². The fraction of sp³-hybridized carbons (Fsp3) is 0.0526. The fourth-order valence-electron chi connectivity index (χ4n) is 2.83. The highest BCUT2D eigenvalue weighted by Gasteiger charge is 2.10. The molecule has 2 heterocycles. The number of para-hydroxylation sites is 1. The highest BCUT2D eigenvalue weighted by atomic mass is 15.0. The lowest BCUT2D eigenvalue weighted by molar-refractivity contribution is 0.837. The van der Waals surface area contributed by atoms with Crippen molar-refractivity contribution in [1.29, 1.82) is 0 Å². The zero-order chi connectivity index (χ0) is 14.8. The van der Waals surface area contributed by atoms with Gasteiger partial charge < -0.3 is 4.57 Å². The van der Waals surface area contributed by atoms with E-state index in [-0.39, 0.29) is 0 Å². The van der Waals surface area contributed by atoms with Crippen molar-refractivity contribution in [3.05, 3.63) is 85.1 Å². The summed E-state index contributed by atoms with van der Waals surface area (Å²) in [7, 11) is 0. The van der Waals surface area contributed by atoms with Crippen LogP contribution in [0.5, 0.6) is 0 Å². The van der Waals surface area contributed by atoms with E-state index >= 15 is 0 Å². The molecule has 0 saturated carbocycles. The van der Waals surface area contributed by atoms with Gasteiger partial charge in [-0.05, 0) is 11.6 Å². The lowest BCUT2D eigenvalue weighted by Gasteiger charge is -2.05. The first-order chi connectivity index (χ1) is 10.9. The molecule has 22 heavy (non-hydrogen) atoms. The van der Waals surface area contributed by atoms with Crippen LogP contribution in [0, 0.1) is 0 Å². The number of benzene rings is 2. The van der Waals surface area contributed by atoms with Crippen LogP contribution in [-0.2, 0) is 6.54 Å². The molecular weight excluding hydrogens is 270 g/mol. The second kappa shape index (κ2) is 5.45. The summed E-state index contributed by atoms with van der Waals surface area (Å²) in [6.07, 6.45) is 7.48. The summed E-state index contributed by atoms with van der Waals surface area (Å²) in [6.45, 7) is 0.856. The van der Waals surface area contributed by atoms with Crippen LogP contribution in [0.4, 0.5) is 0 Å². The minimum atomic E-state index is 0.856. The number of hydrogen-bond donors (Lipinski definition) is 0. The predicted molar refractivity (Wildman–Crippen MR) is 88.5 cm³/mol. The largest absolute Gasteiger partial charge is 0.342 e. The minimum Gasteiger partial charge on any atom is -0.342 e. The molecule has 2 aromatic heterocycles. The summed E-state index contributed by atoms with van der Waals surface area (Å²) in [5.41, 5.74) is 4.74. The molecular formula is C19H15N3. The first-order valence-electron chi connectivity index (χ1n) is 7.29. The van der Waals surface area contributed by atoms with Gasteiger partial charge in [-0.3, -0.25) is 0 Å². The molecule has 0 spiro atoms. The molecule has 0 radical (unpaired) electrons. The van der Waals surface area contributed by atoms with Crippen LogP contribution in [0.1, 0.15) is 5.56 Å². The molecule has 0 aliphatic rings. The van der Waals surface area contributed by atoms with Crippen molar-refractivity contribution in [2.75, 3.05) is 0 Å². The monoisotopic (exact) mass is 285 g/mol. The van der Waals surface area contributed by atoms with E-state index < -0.39 is 0 Å². The molecule has 2 aromatic carbocycles. The summed E-state index contributed by atoms with van der Waals surface area (Å²) in [5.74, 6) is 0. The number of rotatable bonds is 3. The van der Waals surface area contributed by atoms with Crippen LogP contribution in [0.2, 0.25) is 0 Å². The number of nitrogens with zero attached hydrogens (tertiary/aromatic N) is 3. The SMILES string of the molecule is c1ccc(Cn2cc(-c3cncnc3)c3ccccc32)cc1. The molecule has 0 atom stereocenters. The van der Waals surface area contributed by atoms with E-state index in [1.54, 1.807) is 6.33 Å². The van der Waals surface area contributed by atoms with E-state index in [9.17, 15) is 0 Å². The molecule has 0 aliphatic heterocycles. The molecule has 4 rings (SSSR count). The van der Waals surface area contributed by atoms with Crippen molar-refractivity contribution in [2.45, 2.75) is 6.54 Å². The van der Waals surface area contributed by atoms with Gasteiger partial charge >= 0.3 is 0 Å².